The van der Waals surface area contributed by atoms with Crippen molar-refractivity contribution in [1.82, 2.24) is 5.32 Å². The molecule has 0 aromatic heterocycles. The van der Waals surface area contributed by atoms with Gasteiger partial charge in [0.25, 0.3) is 5.91 Å². The molecule has 1 atom stereocenters. The second kappa shape index (κ2) is 12.2. The Morgan fingerprint density at radius 3 is 2.29 bits per heavy atom. The highest BCUT2D eigenvalue weighted by Gasteiger charge is 2.11. The van der Waals surface area contributed by atoms with Crippen LogP contribution in [0, 0.1) is 0 Å². The summed E-state index contributed by atoms with van der Waals surface area (Å²) in [5.41, 5.74) is 3.54. The van der Waals surface area contributed by atoms with Crippen molar-refractivity contribution in [2.45, 2.75) is 32.7 Å². The maximum atomic E-state index is 12.7. The van der Waals surface area contributed by atoms with Crippen molar-refractivity contribution in [3.8, 4) is 0 Å². The van der Waals surface area contributed by atoms with Gasteiger partial charge in [0.1, 0.15) is 0 Å². The minimum Gasteiger partial charge on any atom is -0.466 e. The molecule has 0 aliphatic heterocycles. The van der Waals surface area contributed by atoms with Gasteiger partial charge >= 0.3 is 12.0 Å². The first-order chi connectivity index (χ1) is 16.4. The Kier molecular flexibility index (Phi) is 8.80. The van der Waals surface area contributed by atoms with Crippen LogP contribution >= 0.6 is 0 Å². The number of hydrogen-bond acceptors (Lipinski definition) is 4. The van der Waals surface area contributed by atoms with Crippen LogP contribution in [-0.4, -0.2) is 24.5 Å². The lowest BCUT2D eigenvalue weighted by atomic mass is 10.1. The number of aryl methyl sites for hydroxylation is 1. The number of rotatable bonds is 9. The Morgan fingerprint density at radius 2 is 1.59 bits per heavy atom. The number of anilines is 2. The minimum atomic E-state index is -0.354. The highest BCUT2D eigenvalue weighted by molar-refractivity contribution is 6.05. The number of amides is 3. The zero-order valence-corrected chi connectivity index (χ0v) is 19.3. The molecule has 0 aliphatic carbocycles. The largest absolute Gasteiger partial charge is 0.466 e. The van der Waals surface area contributed by atoms with Gasteiger partial charge in [0.2, 0.25) is 0 Å². The number of carbonyl (C=O) groups is 3. The predicted molar refractivity (Wildman–Crippen MR) is 133 cm³/mol. The Bertz CT molecular complexity index is 1110. The van der Waals surface area contributed by atoms with Gasteiger partial charge in [-0.2, -0.15) is 0 Å². The van der Waals surface area contributed by atoms with Gasteiger partial charge in [-0.3, -0.25) is 9.59 Å². The number of esters is 1. The van der Waals surface area contributed by atoms with Crippen molar-refractivity contribution in [1.29, 1.82) is 0 Å². The average Bonchev–Trinajstić information content (AvgIpc) is 2.84. The van der Waals surface area contributed by atoms with Crippen molar-refractivity contribution in [2.75, 3.05) is 17.2 Å². The summed E-state index contributed by atoms with van der Waals surface area (Å²) in [4.78, 5) is 36.6. The first-order valence-electron chi connectivity index (χ1n) is 11.2. The molecule has 1 unspecified atom stereocenters. The van der Waals surface area contributed by atoms with Crippen molar-refractivity contribution in [3.63, 3.8) is 0 Å². The summed E-state index contributed by atoms with van der Waals surface area (Å²) in [5, 5.41) is 8.50. The molecule has 0 heterocycles. The molecule has 7 heteroatoms. The van der Waals surface area contributed by atoms with Gasteiger partial charge in [-0.1, -0.05) is 48.5 Å². The lowest BCUT2D eigenvalue weighted by molar-refractivity contribution is -0.143. The number of ether oxygens (including phenoxy) is 1. The van der Waals surface area contributed by atoms with Crippen LogP contribution in [0.1, 0.15) is 47.8 Å². The van der Waals surface area contributed by atoms with Gasteiger partial charge in [-0.25, -0.2) is 4.79 Å². The molecular weight excluding hydrogens is 430 g/mol. The SMILES string of the molecule is CCOC(=O)CCc1ccc(NC(=O)c2cccc(NC(=O)NC(C)c3ccccc3)c2)cc1. The number of nitrogens with one attached hydrogen (secondary N) is 3. The fraction of sp³-hybridized carbons (Fsp3) is 0.222. The van der Waals surface area contributed by atoms with Crippen LogP contribution < -0.4 is 16.0 Å². The summed E-state index contributed by atoms with van der Waals surface area (Å²) in [7, 11) is 0. The van der Waals surface area contributed by atoms with E-state index in [-0.39, 0.29) is 23.9 Å². The fourth-order valence-electron chi connectivity index (χ4n) is 3.36. The van der Waals surface area contributed by atoms with Crippen LogP contribution in [-0.2, 0) is 16.0 Å². The maximum Gasteiger partial charge on any atom is 0.319 e. The summed E-state index contributed by atoms with van der Waals surface area (Å²) < 4.78 is 4.94. The molecule has 3 aromatic rings. The summed E-state index contributed by atoms with van der Waals surface area (Å²) in [6, 6.07) is 23.2. The second-order valence-corrected chi connectivity index (χ2v) is 7.77. The molecule has 3 rings (SSSR count). The highest BCUT2D eigenvalue weighted by atomic mass is 16.5. The third-order valence-corrected chi connectivity index (χ3v) is 5.16. The summed E-state index contributed by atoms with van der Waals surface area (Å²) in [5.74, 6) is -0.516. The standard InChI is InChI=1S/C27H29N3O4/c1-3-34-25(31)17-14-20-12-15-23(16-13-20)29-26(32)22-10-7-11-24(18-22)30-27(33)28-19(2)21-8-5-4-6-9-21/h4-13,15-16,18-19H,3,14,17H2,1-2H3,(H,29,32)(H2,28,30,33). The Hall–Kier alpha value is -4.13. The molecule has 3 aromatic carbocycles. The Balaban J connectivity index is 1.54. The van der Waals surface area contributed by atoms with Crippen LogP contribution in [0.15, 0.2) is 78.9 Å². The molecule has 0 saturated carbocycles. The van der Waals surface area contributed by atoms with Crippen LogP contribution in [0.2, 0.25) is 0 Å². The van der Waals surface area contributed by atoms with Gasteiger partial charge in [0.15, 0.2) is 0 Å². The molecule has 3 N–H and O–H groups in total. The number of urea groups is 1. The predicted octanol–water partition coefficient (Wildman–Crippen LogP) is 5.32. The van der Waals surface area contributed by atoms with Crippen LogP contribution in [0.25, 0.3) is 0 Å². The first-order valence-corrected chi connectivity index (χ1v) is 11.2. The van der Waals surface area contributed by atoms with E-state index in [0.717, 1.165) is 11.1 Å². The molecule has 0 fully saturated rings. The third-order valence-electron chi connectivity index (χ3n) is 5.16. The summed E-state index contributed by atoms with van der Waals surface area (Å²) in [6.45, 7) is 4.06. The van der Waals surface area contributed by atoms with Gasteiger partial charge in [0.05, 0.1) is 12.6 Å². The zero-order valence-electron chi connectivity index (χ0n) is 19.3. The van der Waals surface area contributed by atoms with Crippen molar-refractivity contribution in [2.24, 2.45) is 0 Å². The van der Waals surface area contributed by atoms with E-state index >= 15 is 0 Å². The second-order valence-electron chi connectivity index (χ2n) is 7.77. The van der Waals surface area contributed by atoms with Gasteiger partial charge < -0.3 is 20.7 Å². The van der Waals surface area contributed by atoms with Crippen molar-refractivity contribution < 1.29 is 19.1 Å². The van der Waals surface area contributed by atoms with E-state index < -0.39 is 0 Å². The molecule has 0 saturated heterocycles. The Labute approximate surface area is 199 Å². The molecule has 3 amide bonds. The lowest BCUT2D eigenvalue weighted by Gasteiger charge is -2.15. The lowest BCUT2D eigenvalue weighted by Crippen LogP contribution is -2.31. The summed E-state index contributed by atoms with van der Waals surface area (Å²) >= 11 is 0. The molecule has 34 heavy (non-hydrogen) atoms. The minimum absolute atomic E-state index is 0.159. The quantitative estimate of drug-likeness (QED) is 0.378. The van der Waals surface area contributed by atoms with E-state index in [1.807, 2.05) is 49.4 Å². The summed E-state index contributed by atoms with van der Waals surface area (Å²) in [6.07, 6.45) is 0.892. The zero-order chi connectivity index (χ0) is 24.3. The maximum absolute atomic E-state index is 12.7. The fourth-order valence-corrected chi connectivity index (χ4v) is 3.36. The van der Waals surface area contributed by atoms with Crippen LogP contribution in [0.4, 0.5) is 16.2 Å². The number of hydrogen-bond donors (Lipinski definition) is 3. The molecule has 0 bridgehead atoms. The topological polar surface area (TPSA) is 96.5 Å². The molecule has 7 nitrogen and oxygen atoms in total. The van der Waals surface area contributed by atoms with Gasteiger partial charge in [0, 0.05) is 23.4 Å². The van der Waals surface area contributed by atoms with Crippen LogP contribution in [0.3, 0.4) is 0 Å². The van der Waals surface area contributed by atoms with Crippen molar-refractivity contribution >= 4 is 29.3 Å². The first kappa shape index (κ1) is 24.5. The smallest absolute Gasteiger partial charge is 0.319 e. The highest BCUT2D eigenvalue weighted by Crippen LogP contribution is 2.16. The molecular formula is C27H29N3O4. The van der Waals surface area contributed by atoms with E-state index in [1.165, 1.54) is 0 Å². The van der Waals surface area contributed by atoms with Crippen LogP contribution in [0.5, 0.6) is 0 Å². The van der Waals surface area contributed by atoms with Gasteiger partial charge in [-0.15, -0.1) is 0 Å². The number of carbonyl (C=O) groups excluding carboxylic acids is 3. The van der Waals surface area contributed by atoms with E-state index in [0.29, 0.717) is 36.4 Å². The van der Waals surface area contributed by atoms with E-state index in [4.69, 9.17) is 4.74 Å². The Morgan fingerprint density at radius 1 is 0.853 bits per heavy atom. The number of benzene rings is 3. The van der Waals surface area contributed by atoms with Gasteiger partial charge in [-0.05, 0) is 61.7 Å². The van der Waals surface area contributed by atoms with E-state index in [9.17, 15) is 14.4 Å². The molecule has 0 radical (unpaired) electrons. The molecule has 176 valence electrons. The van der Waals surface area contributed by atoms with Crippen molar-refractivity contribution in [3.05, 3.63) is 95.6 Å². The van der Waals surface area contributed by atoms with E-state index in [2.05, 4.69) is 16.0 Å². The molecule has 0 aliphatic rings. The average molecular weight is 460 g/mol. The van der Waals surface area contributed by atoms with E-state index in [1.54, 1.807) is 43.3 Å². The normalized spacial score (nSPS) is 11.2. The molecule has 0 spiro atoms. The third kappa shape index (κ3) is 7.48. The monoisotopic (exact) mass is 459 g/mol.